The summed E-state index contributed by atoms with van der Waals surface area (Å²) in [5.41, 5.74) is 12.0. The van der Waals surface area contributed by atoms with Gasteiger partial charge < -0.3 is 10.3 Å². The molecule has 0 bridgehead atoms. The number of hydrogen-bond donors (Lipinski definition) is 1. The lowest BCUT2D eigenvalue weighted by molar-refractivity contribution is 0.331. The first-order chi connectivity index (χ1) is 16.2. The van der Waals surface area contributed by atoms with E-state index in [1.54, 1.807) is 0 Å². The van der Waals surface area contributed by atoms with Crippen molar-refractivity contribution >= 4 is 39.5 Å². The van der Waals surface area contributed by atoms with Gasteiger partial charge in [0.25, 0.3) is 0 Å². The third kappa shape index (κ3) is 4.22. The van der Waals surface area contributed by atoms with E-state index in [4.69, 9.17) is 10.7 Å². The largest absolute Gasteiger partial charge is 0.382 e. The van der Waals surface area contributed by atoms with Gasteiger partial charge in [-0.05, 0) is 56.0 Å². The second kappa shape index (κ2) is 8.99. The third-order valence-electron chi connectivity index (χ3n) is 7.12. The summed E-state index contributed by atoms with van der Waals surface area (Å²) in [6.07, 6.45) is 7.85. The molecule has 5 nitrogen and oxygen atoms in total. The van der Waals surface area contributed by atoms with E-state index >= 15 is 0 Å². The highest BCUT2D eigenvalue weighted by Gasteiger charge is 2.23. The Morgan fingerprint density at radius 3 is 2.30 bits per heavy atom. The summed E-state index contributed by atoms with van der Waals surface area (Å²) < 4.78 is 2.38. The Morgan fingerprint density at radius 2 is 1.55 bits per heavy atom. The summed E-state index contributed by atoms with van der Waals surface area (Å²) >= 11 is 1.93. The summed E-state index contributed by atoms with van der Waals surface area (Å²) in [5, 5.41) is 2.84. The molecule has 0 amide bonds. The van der Waals surface area contributed by atoms with Gasteiger partial charge in [0.15, 0.2) is 11.0 Å². The molecule has 2 aromatic carbocycles. The minimum Gasteiger partial charge on any atom is -0.382 e. The van der Waals surface area contributed by atoms with E-state index in [9.17, 15) is 0 Å². The Hall–Kier alpha value is -2.57. The molecule has 6 rings (SSSR count). The number of nitrogens with zero attached hydrogens (tertiary/aromatic N) is 4. The number of para-hydroxylation sites is 1. The number of fused-ring (bicyclic) bond motifs is 3. The first kappa shape index (κ1) is 21.0. The van der Waals surface area contributed by atoms with Crippen LogP contribution in [0.5, 0.6) is 0 Å². The van der Waals surface area contributed by atoms with Crippen LogP contribution in [0.15, 0.2) is 53.7 Å². The van der Waals surface area contributed by atoms with Crippen LogP contribution in [-0.4, -0.2) is 37.8 Å². The number of hydrogen-bond acceptors (Lipinski definition) is 5. The van der Waals surface area contributed by atoms with Crippen LogP contribution in [0.25, 0.3) is 21.9 Å². The molecule has 2 fully saturated rings. The molecule has 1 aliphatic carbocycles. The topological polar surface area (TPSA) is 60.0 Å². The van der Waals surface area contributed by atoms with E-state index in [0.717, 1.165) is 40.2 Å². The van der Waals surface area contributed by atoms with Gasteiger partial charge in [0, 0.05) is 17.2 Å². The van der Waals surface area contributed by atoms with Crippen LogP contribution in [0.3, 0.4) is 0 Å². The zero-order chi connectivity index (χ0) is 22.2. The third-order valence-corrected chi connectivity index (χ3v) is 8.45. The first-order valence-electron chi connectivity index (χ1n) is 12.3. The summed E-state index contributed by atoms with van der Waals surface area (Å²) in [6, 6.07) is 17.4. The smallest absolute Gasteiger partial charge is 0.169 e. The minimum absolute atomic E-state index is 0.525. The Bertz CT molecular complexity index is 1270. The number of imidazole rings is 1. The maximum atomic E-state index is 6.40. The van der Waals surface area contributed by atoms with Crippen LogP contribution in [0, 0.1) is 0 Å². The standard InChI is InChI=1S/C27H31N5S/c28-26-24-25(22-9-3-4-10-23(22)29-26)32(27(30-24)33-21-7-1-2-8-21)18-20-13-11-19(12-14-20)17-31-15-5-6-16-31/h3-4,9-14,21H,1-2,5-8,15-18H2,(H2,28,29). The van der Waals surface area contributed by atoms with Crippen molar-refractivity contribution in [1.29, 1.82) is 0 Å². The van der Waals surface area contributed by atoms with Gasteiger partial charge in [-0.2, -0.15) is 0 Å². The predicted molar refractivity (Wildman–Crippen MR) is 138 cm³/mol. The van der Waals surface area contributed by atoms with E-state index < -0.39 is 0 Å². The molecular formula is C27H31N5S. The molecule has 2 aromatic heterocycles. The number of aromatic nitrogens is 3. The van der Waals surface area contributed by atoms with Crippen LogP contribution in [0.4, 0.5) is 5.82 Å². The number of nitrogens with two attached hydrogens (primary N) is 1. The van der Waals surface area contributed by atoms with Gasteiger partial charge in [-0.1, -0.05) is 67.1 Å². The maximum absolute atomic E-state index is 6.40. The van der Waals surface area contributed by atoms with Crippen molar-refractivity contribution in [2.45, 2.75) is 62.0 Å². The molecule has 2 aliphatic rings. The number of anilines is 1. The Labute approximate surface area is 199 Å². The minimum atomic E-state index is 0.525. The highest BCUT2D eigenvalue weighted by molar-refractivity contribution is 7.99. The first-order valence-corrected chi connectivity index (χ1v) is 13.1. The molecule has 33 heavy (non-hydrogen) atoms. The fraction of sp³-hybridized carbons (Fsp3) is 0.407. The van der Waals surface area contributed by atoms with Gasteiger partial charge in [-0.15, -0.1) is 0 Å². The molecule has 1 aliphatic heterocycles. The van der Waals surface area contributed by atoms with Crippen molar-refractivity contribution in [3.63, 3.8) is 0 Å². The van der Waals surface area contributed by atoms with Crippen LogP contribution >= 0.6 is 11.8 Å². The summed E-state index contributed by atoms with van der Waals surface area (Å²) in [6.45, 7) is 4.31. The highest BCUT2D eigenvalue weighted by atomic mass is 32.2. The van der Waals surface area contributed by atoms with Gasteiger partial charge in [-0.25, -0.2) is 9.97 Å². The quantitative estimate of drug-likeness (QED) is 0.394. The van der Waals surface area contributed by atoms with Gasteiger partial charge in [0.1, 0.15) is 5.52 Å². The monoisotopic (exact) mass is 457 g/mol. The molecule has 0 spiro atoms. The maximum Gasteiger partial charge on any atom is 0.169 e. The molecule has 0 atom stereocenters. The van der Waals surface area contributed by atoms with Gasteiger partial charge in [0.05, 0.1) is 17.6 Å². The number of rotatable bonds is 6. The molecule has 0 radical (unpaired) electrons. The summed E-state index contributed by atoms with van der Waals surface area (Å²) in [4.78, 5) is 12.2. The molecule has 170 valence electrons. The van der Waals surface area contributed by atoms with Crippen molar-refractivity contribution in [1.82, 2.24) is 19.4 Å². The van der Waals surface area contributed by atoms with Gasteiger partial charge in [-0.3, -0.25) is 4.90 Å². The molecule has 3 heterocycles. The number of likely N-dealkylation sites (tertiary alicyclic amines) is 1. The predicted octanol–water partition coefficient (Wildman–Crippen LogP) is 5.85. The molecule has 2 N–H and O–H groups in total. The Morgan fingerprint density at radius 1 is 0.848 bits per heavy atom. The van der Waals surface area contributed by atoms with Crippen LogP contribution in [-0.2, 0) is 13.1 Å². The lowest BCUT2D eigenvalue weighted by Gasteiger charge is -2.16. The van der Waals surface area contributed by atoms with Crippen LogP contribution in [0.1, 0.15) is 49.7 Å². The average molecular weight is 458 g/mol. The molecular weight excluding hydrogens is 426 g/mol. The van der Waals surface area contributed by atoms with Crippen molar-refractivity contribution in [2.24, 2.45) is 0 Å². The van der Waals surface area contributed by atoms with Crippen molar-refractivity contribution < 1.29 is 0 Å². The number of benzene rings is 2. The van der Waals surface area contributed by atoms with E-state index in [1.807, 2.05) is 23.9 Å². The molecule has 4 aromatic rings. The SMILES string of the molecule is Nc1nc2ccccc2c2c1nc(SC1CCCC1)n2Cc1ccc(CN2CCCC2)cc1. The van der Waals surface area contributed by atoms with Crippen LogP contribution < -0.4 is 5.73 Å². The zero-order valence-electron chi connectivity index (χ0n) is 19.0. The fourth-order valence-corrected chi connectivity index (χ4v) is 6.66. The molecule has 0 unspecified atom stereocenters. The van der Waals surface area contributed by atoms with Gasteiger partial charge >= 0.3 is 0 Å². The van der Waals surface area contributed by atoms with Crippen molar-refractivity contribution in [2.75, 3.05) is 18.8 Å². The second-order valence-electron chi connectivity index (χ2n) is 9.52. The molecule has 6 heteroatoms. The van der Waals surface area contributed by atoms with E-state index in [-0.39, 0.29) is 0 Å². The van der Waals surface area contributed by atoms with Crippen molar-refractivity contribution in [3.8, 4) is 0 Å². The normalized spacial score (nSPS) is 17.6. The number of thioether (sulfide) groups is 1. The Balaban J connectivity index is 1.38. The number of pyridine rings is 1. The summed E-state index contributed by atoms with van der Waals surface area (Å²) in [7, 11) is 0. The van der Waals surface area contributed by atoms with Crippen molar-refractivity contribution in [3.05, 3.63) is 59.7 Å². The highest BCUT2D eigenvalue weighted by Crippen LogP contribution is 2.38. The lowest BCUT2D eigenvalue weighted by Crippen LogP contribution is -2.18. The number of nitrogen functional groups attached to an aromatic ring is 1. The summed E-state index contributed by atoms with van der Waals surface area (Å²) in [5.74, 6) is 0.525. The Kier molecular flexibility index (Phi) is 5.72. The van der Waals surface area contributed by atoms with Crippen LogP contribution in [0.2, 0.25) is 0 Å². The average Bonchev–Trinajstić information content (AvgIpc) is 3.59. The van der Waals surface area contributed by atoms with E-state index in [1.165, 1.54) is 62.7 Å². The second-order valence-corrected chi connectivity index (χ2v) is 10.8. The van der Waals surface area contributed by atoms with E-state index in [0.29, 0.717) is 11.1 Å². The molecule has 1 saturated heterocycles. The zero-order valence-corrected chi connectivity index (χ0v) is 19.9. The molecule has 1 saturated carbocycles. The lowest BCUT2D eigenvalue weighted by atomic mass is 10.1. The van der Waals surface area contributed by atoms with E-state index in [2.05, 4.69) is 50.8 Å². The van der Waals surface area contributed by atoms with Gasteiger partial charge in [0.2, 0.25) is 0 Å². The fourth-order valence-electron chi connectivity index (χ4n) is 5.36.